The minimum Gasteiger partial charge on any atom is -0.267 e. The molecular weight excluding hydrogens is 252 g/mol. The van der Waals surface area contributed by atoms with Gasteiger partial charge < -0.3 is 0 Å². The highest BCUT2D eigenvalue weighted by atomic mass is 19.1. The van der Waals surface area contributed by atoms with Crippen LogP contribution in [-0.4, -0.2) is 11.8 Å². The number of carbonyl (C=O) groups is 2. The molecule has 0 aromatic heterocycles. The number of rotatable bonds is 2. The fourth-order valence-corrected chi connectivity index (χ4v) is 1.41. The number of benzene rings is 2. The Kier molecular flexibility index (Phi) is 3.66. The lowest BCUT2D eigenvalue weighted by molar-refractivity contribution is 0.0843. The maximum absolute atomic E-state index is 12.7. The fourth-order valence-electron chi connectivity index (χ4n) is 1.41. The zero-order chi connectivity index (χ0) is 13.8. The lowest BCUT2D eigenvalue weighted by Gasteiger charge is -2.01. The van der Waals surface area contributed by atoms with E-state index < -0.39 is 23.4 Å². The molecular formula is C14H8F2NO2. The zero-order valence-corrected chi connectivity index (χ0v) is 9.64. The van der Waals surface area contributed by atoms with E-state index in [1.807, 2.05) is 0 Å². The molecule has 2 amide bonds. The lowest BCUT2D eigenvalue weighted by atomic mass is 10.2. The topological polar surface area (TPSA) is 48.2 Å². The van der Waals surface area contributed by atoms with Crippen molar-refractivity contribution in [1.82, 2.24) is 5.32 Å². The molecule has 0 fully saturated rings. The van der Waals surface area contributed by atoms with E-state index in [2.05, 4.69) is 5.32 Å². The van der Waals surface area contributed by atoms with Crippen LogP contribution in [-0.2, 0) is 0 Å². The van der Waals surface area contributed by atoms with Crippen LogP contribution in [0, 0.1) is 11.6 Å². The van der Waals surface area contributed by atoms with Crippen molar-refractivity contribution < 1.29 is 18.4 Å². The largest absolute Gasteiger partial charge is 0.280 e. The number of carbonyl (C=O) groups excluding carboxylic acids is 2. The summed E-state index contributed by atoms with van der Waals surface area (Å²) in [5, 5.41) is 3.35. The van der Waals surface area contributed by atoms with E-state index in [1.54, 1.807) is 0 Å². The number of hydrogen-bond acceptors (Lipinski definition) is 2. The molecule has 0 N–H and O–H groups in total. The van der Waals surface area contributed by atoms with Gasteiger partial charge in [-0.15, -0.1) is 0 Å². The lowest BCUT2D eigenvalue weighted by Crippen LogP contribution is -2.23. The Morgan fingerprint density at radius 1 is 0.684 bits per heavy atom. The highest BCUT2D eigenvalue weighted by Crippen LogP contribution is 2.06. The van der Waals surface area contributed by atoms with E-state index in [4.69, 9.17) is 0 Å². The fraction of sp³-hybridized carbons (Fsp3) is 0. The molecule has 2 aromatic carbocycles. The first-order valence-electron chi connectivity index (χ1n) is 5.38. The van der Waals surface area contributed by atoms with E-state index >= 15 is 0 Å². The predicted molar refractivity (Wildman–Crippen MR) is 63.6 cm³/mol. The molecule has 0 heterocycles. The summed E-state index contributed by atoms with van der Waals surface area (Å²) < 4.78 is 25.3. The highest BCUT2D eigenvalue weighted by molar-refractivity contribution is 6.09. The summed E-state index contributed by atoms with van der Waals surface area (Å²) >= 11 is 0. The maximum Gasteiger partial charge on any atom is 0.280 e. The molecule has 2 aromatic rings. The summed E-state index contributed by atoms with van der Waals surface area (Å²) in [6.45, 7) is 0. The third kappa shape index (κ3) is 3.22. The SMILES string of the molecule is O=C([N]C(=O)c1ccc(F)cc1)c1ccc(F)cc1. The van der Waals surface area contributed by atoms with Gasteiger partial charge in [0.1, 0.15) is 11.6 Å². The number of halogens is 2. The Morgan fingerprint density at radius 3 is 1.32 bits per heavy atom. The number of imide groups is 1. The Bertz CT molecular complexity index is 551. The van der Waals surface area contributed by atoms with Crippen molar-refractivity contribution >= 4 is 11.8 Å². The molecule has 0 bridgehead atoms. The third-order valence-electron chi connectivity index (χ3n) is 2.39. The van der Waals surface area contributed by atoms with Gasteiger partial charge in [-0.05, 0) is 48.5 Å². The Morgan fingerprint density at radius 2 is 1.00 bits per heavy atom. The van der Waals surface area contributed by atoms with Crippen LogP contribution in [0.3, 0.4) is 0 Å². The molecule has 95 valence electrons. The van der Waals surface area contributed by atoms with Crippen molar-refractivity contribution in [3.63, 3.8) is 0 Å². The molecule has 3 nitrogen and oxygen atoms in total. The highest BCUT2D eigenvalue weighted by Gasteiger charge is 2.14. The first kappa shape index (κ1) is 12.9. The second-order valence-corrected chi connectivity index (χ2v) is 3.74. The van der Waals surface area contributed by atoms with Crippen molar-refractivity contribution in [2.75, 3.05) is 0 Å². The van der Waals surface area contributed by atoms with Gasteiger partial charge in [0.2, 0.25) is 0 Å². The van der Waals surface area contributed by atoms with Crippen molar-refractivity contribution in [1.29, 1.82) is 0 Å². The smallest absolute Gasteiger partial charge is 0.267 e. The summed E-state index contributed by atoms with van der Waals surface area (Å²) in [6.07, 6.45) is 0. The normalized spacial score (nSPS) is 10.0. The molecule has 5 heteroatoms. The second kappa shape index (κ2) is 5.39. The molecule has 0 aliphatic heterocycles. The summed E-state index contributed by atoms with van der Waals surface area (Å²) in [4.78, 5) is 23.2. The first-order chi connectivity index (χ1) is 9.06. The summed E-state index contributed by atoms with van der Waals surface area (Å²) in [7, 11) is 0. The second-order valence-electron chi connectivity index (χ2n) is 3.74. The van der Waals surface area contributed by atoms with Crippen molar-refractivity contribution in [3.05, 3.63) is 71.3 Å². The Hall–Kier alpha value is -2.56. The van der Waals surface area contributed by atoms with E-state index in [0.29, 0.717) is 0 Å². The quantitative estimate of drug-likeness (QED) is 0.779. The molecule has 0 unspecified atom stereocenters. The molecule has 0 saturated carbocycles. The van der Waals surface area contributed by atoms with Gasteiger partial charge in [-0.2, -0.15) is 5.32 Å². The van der Waals surface area contributed by atoms with Crippen LogP contribution in [0.1, 0.15) is 20.7 Å². The minimum absolute atomic E-state index is 0.108. The van der Waals surface area contributed by atoms with Gasteiger partial charge in [0.25, 0.3) is 11.8 Å². The molecule has 1 radical (unpaired) electrons. The number of hydrogen-bond donors (Lipinski definition) is 0. The average molecular weight is 260 g/mol. The van der Waals surface area contributed by atoms with Gasteiger partial charge >= 0.3 is 0 Å². The zero-order valence-electron chi connectivity index (χ0n) is 9.64. The van der Waals surface area contributed by atoms with Crippen molar-refractivity contribution in [2.24, 2.45) is 0 Å². The third-order valence-corrected chi connectivity index (χ3v) is 2.39. The first-order valence-corrected chi connectivity index (χ1v) is 5.38. The number of nitrogens with zero attached hydrogens (tertiary/aromatic N) is 1. The minimum atomic E-state index is -0.769. The van der Waals surface area contributed by atoms with Gasteiger partial charge in [-0.25, -0.2) is 8.78 Å². The average Bonchev–Trinajstić information content (AvgIpc) is 2.40. The van der Waals surface area contributed by atoms with E-state index in [-0.39, 0.29) is 11.1 Å². The van der Waals surface area contributed by atoms with Gasteiger partial charge in [0.05, 0.1) is 0 Å². The summed E-state index contributed by atoms with van der Waals surface area (Å²) in [5.74, 6) is -2.51. The molecule has 0 spiro atoms. The Balaban J connectivity index is 2.08. The van der Waals surface area contributed by atoms with Crippen LogP contribution >= 0.6 is 0 Å². The van der Waals surface area contributed by atoms with E-state index in [0.717, 1.165) is 24.3 Å². The van der Waals surface area contributed by atoms with Crippen LogP contribution in [0.25, 0.3) is 0 Å². The predicted octanol–water partition coefficient (Wildman–Crippen LogP) is 2.55. The molecule has 0 atom stereocenters. The maximum atomic E-state index is 12.7. The van der Waals surface area contributed by atoms with Crippen LogP contribution in [0.5, 0.6) is 0 Å². The molecule has 2 rings (SSSR count). The van der Waals surface area contributed by atoms with Crippen molar-refractivity contribution in [2.45, 2.75) is 0 Å². The van der Waals surface area contributed by atoms with Crippen LogP contribution in [0.15, 0.2) is 48.5 Å². The molecule has 19 heavy (non-hydrogen) atoms. The number of amides is 2. The van der Waals surface area contributed by atoms with Crippen LogP contribution in [0.2, 0.25) is 0 Å². The standard InChI is InChI=1S/C14H8F2NO2/c15-11-5-1-9(2-6-11)13(18)17-14(19)10-3-7-12(16)8-4-10/h1-8H. The van der Waals surface area contributed by atoms with Gasteiger partial charge in [-0.3, -0.25) is 9.59 Å². The van der Waals surface area contributed by atoms with Crippen LogP contribution in [0.4, 0.5) is 8.78 Å². The Labute approximate surface area is 107 Å². The van der Waals surface area contributed by atoms with E-state index in [9.17, 15) is 18.4 Å². The van der Waals surface area contributed by atoms with Gasteiger partial charge in [-0.1, -0.05) is 0 Å². The summed E-state index contributed by atoms with van der Waals surface area (Å²) in [6, 6.07) is 9.35. The molecule has 0 aliphatic carbocycles. The monoisotopic (exact) mass is 260 g/mol. The van der Waals surface area contributed by atoms with Crippen molar-refractivity contribution in [3.8, 4) is 0 Å². The molecule has 0 aliphatic rings. The summed E-state index contributed by atoms with van der Waals surface area (Å²) in [5.41, 5.74) is 0.216. The van der Waals surface area contributed by atoms with Crippen LogP contribution < -0.4 is 5.32 Å². The van der Waals surface area contributed by atoms with Gasteiger partial charge in [0.15, 0.2) is 0 Å². The van der Waals surface area contributed by atoms with Gasteiger partial charge in [0, 0.05) is 11.1 Å². The molecule has 0 saturated heterocycles. The van der Waals surface area contributed by atoms with E-state index in [1.165, 1.54) is 24.3 Å².